The molecule has 1 amide bonds. The highest BCUT2D eigenvalue weighted by atomic mass is 19.1. The fourth-order valence-corrected chi connectivity index (χ4v) is 3.05. The van der Waals surface area contributed by atoms with Crippen molar-refractivity contribution < 1.29 is 19.1 Å². The van der Waals surface area contributed by atoms with Crippen molar-refractivity contribution in [3.63, 3.8) is 0 Å². The van der Waals surface area contributed by atoms with Gasteiger partial charge in [0.2, 0.25) is 5.91 Å². The molecule has 1 atom stereocenters. The minimum Gasteiger partial charge on any atom is -0.481 e. The predicted octanol–water partition coefficient (Wildman–Crippen LogP) is 2.31. The van der Waals surface area contributed by atoms with E-state index >= 15 is 0 Å². The number of carboxylic acids is 1. The smallest absolute Gasteiger partial charge is 0.303 e. The molecule has 0 spiro atoms. The fraction of sp³-hybridized carbons (Fsp3) is 0.467. The van der Waals surface area contributed by atoms with E-state index in [-0.39, 0.29) is 24.7 Å². The Balaban J connectivity index is 1.99. The first-order chi connectivity index (χ1) is 9.47. The van der Waals surface area contributed by atoms with Crippen LogP contribution in [0.15, 0.2) is 12.1 Å². The Labute approximate surface area is 116 Å². The van der Waals surface area contributed by atoms with E-state index in [4.69, 9.17) is 5.11 Å². The van der Waals surface area contributed by atoms with Crippen molar-refractivity contribution >= 4 is 17.6 Å². The lowest BCUT2D eigenvalue weighted by molar-refractivity contribution is -0.137. The van der Waals surface area contributed by atoms with Crippen LogP contribution in [0.3, 0.4) is 0 Å². The number of carbonyl (C=O) groups is 2. The Morgan fingerprint density at radius 1 is 1.50 bits per heavy atom. The number of amides is 1. The molecule has 5 heteroatoms. The maximum absolute atomic E-state index is 14.2. The van der Waals surface area contributed by atoms with E-state index < -0.39 is 11.8 Å². The molecule has 1 saturated carbocycles. The number of hydrogen-bond acceptors (Lipinski definition) is 2. The van der Waals surface area contributed by atoms with Crippen LogP contribution < -0.4 is 4.90 Å². The van der Waals surface area contributed by atoms with Crippen molar-refractivity contribution in [3.05, 3.63) is 29.1 Å². The van der Waals surface area contributed by atoms with Gasteiger partial charge in [0.25, 0.3) is 0 Å². The molecule has 3 rings (SSSR count). The summed E-state index contributed by atoms with van der Waals surface area (Å²) in [6.07, 6.45) is 2.21. The highest BCUT2D eigenvalue weighted by Gasteiger charge is 2.36. The summed E-state index contributed by atoms with van der Waals surface area (Å²) in [7, 11) is 1.56. The summed E-state index contributed by atoms with van der Waals surface area (Å²) in [5, 5.41) is 9.01. The molecule has 1 unspecified atom stereocenters. The van der Waals surface area contributed by atoms with Gasteiger partial charge in [0.15, 0.2) is 0 Å². The molecular weight excluding hydrogens is 261 g/mol. The molecular formula is C15H16FNO3. The quantitative estimate of drug-likeness (QED) is 0.918. The van der Waals surface area contributed by atoms with Gasteiger partial charge in [-0.2, -0.15) is 0 Å². The molecule has 1 fully saturated rings. The molecule has 106 valence electrons. The van der Waals surface area contributed by atoms with Crippen LogP contribution in [0.1, 0.15) is 36.3 Å². The number of aliphatic carboxylic acids is 1. The lowest BCUT2D eigenvalue weighted by Crippen LogP contribution is -2.21. The summed E-state index contributed by atoms with van der Waals surface area (Å²) < 4.78 is 14.2. The number of fused-ring (bicyclic) bond motifs is 1. The molecule has 1 heterocycles. The summed E-state index contributed by atoms with van der Waals surface area (Å²) >= 11 is 0. The van der Waals surface area contributed by atoms with Gasteiger partial charge in [0.1, 0.15) is 5.82 Å². The zero-order valence-electron chi connectivity index (χ0n) is 11.2. The van der Waals surface area contributed by atoms with Crippen LogP contribution in [-0.4, -0.2) is 24.0 Å². The van der Waals surface area contributed by atoms with Gasteiger partial charge in [0.05, 0.1) is 18.5 Å². The third kappa shape index (κ3) is 2.17. The summed E-state index contributed by atoms with van der Waals surface area (Å²) in [5.74, 6) is -1.23. The largest absolute Gasteiger partial charge is 0.481 e. The number of likely N-dealkylation sites (N-methyl/N-ethyl adjacent to an activating group) is 1. The zero-order valence-corrected chi connectivity index (χ0v) is 11.2. The van der Waals surface area contributed by atoms with Crippen molar-refractivity contribution in [1.29, 1.82) is 0 Å². The second-order valence-corrected chi connectivity index (χ2v) is 5.68. The summed E-state index contributed by atoms with van der Waals surface area (Å²) in [5.41, 5.74) is 1.72. The number of carbonyl (C=O) groups excluding carboxylic acids is 1. The van der Waals surface area contributed by atoms with Crippen molar-refractivity contribution in [2.24, 2.45) is 5.92 Å². The van der Waals surface area contributed by atoms with E-state index in [2.05, 4.69) is 0 Å². The Bertz CT molecular complexity index is 595. The third-order valence-corrected chi connectivity index (χ3v) is 4.23. The number of rotatable bonds is 4. The molecule has 0 saturated heterocycles. The fourth-order valence-electron chi connectivity index (χ4n) is 3.05. The van der Waals surface area contributed by atoms with Crippen molar-refractivity contribution in [2.75, 3.05) is 11.9 Å². The van der Waals surface area contributed by atoms with Crippen LogP contribution in [0.5, 0.6) is 0 Å². The van der Waals surface area contributed by atoms with E-state index in [1.165, 1.54) is 11.0 Å². The number of halogens is 1. The van der Waals surface area contributed by atoms with E-state index in [0.717, 1.165) is 12.8 Å². The molecule has 1 aliphatic heterocycles. The van der Waals surface area contributed by atoms with Crippen molar-refractivity contribution in [3.8, 4) is 0 Å². The highest BCUT2D eigenvalue weighted by molar-refractivity contribution is 6.01. The van der Waals surface area contributed by atoms with Crippen LogP contribution in [0.4, 0.5) is 10.1 Å². The Morgan fingerprint density at radius 2 is 2.20 bits per heavy atom. The average Bonchev–Trinajstić information content (AvgIpc) is 3.14. The zero-order chi connectivity index (χ0) is 14.4. The van der Waals surface area contributed by atoms with Crippen LogP contribution in [0.2, 0.25) is 0 Å². The lowest BCUT2D eigenvalue weighted by atomic mass is 9.89. The molecule has 4 nitrogen and oxygen atoms in total. The van der Waals surface area contributed by atoms with Gasteiger partial charge in [-0.1, -0.05) is 6.07 Å². The molecule has 0 bridgehead atoms. The minimum atomic E-state index is -0.865. The van der Waals surface area contributed by atoms with Crippen molar-refractivity contribution in [1.82, 2.24) is 0 Å². The van der Waals surface area contributed by atoms with E-state index in [9.17, 15) is 14.0 Å². The first-order valence-corrected chi connectivity index (χ1v) is 6.78. The van der Waals surface area contributed by atoms with Gasteiger partial charge >= 0.3 is 5.97 Å². The molecule has 0 aromatic heterocycles. The maximum atomic E-state index is 14.2. The van der Waals surface area contributed by atoms with Crippen molar-refractivity contribution in [2.45, 2.75) is 31.6 Å². The van der Waals surface area contributed by atoms with E-state index in [1.54, 1.807) is 7.05 Å². The Morgan fingerprint density at radius 3 is 2.80 bits per heavy atom. The van der Waals surface area contributed by atoms with Gasteiger partial charge in [-0.3, -0.25) is 9.59 Å². The number of nitrogens with zero attached hydrogens (tertiary/aromatic N) is 1. The van der Waals surface area contributed by atoms with Gasteiger partial charge in [-0.25, -0.2) is 4.39 Å². The molecule has 1 aliphatic carbocycles. The number of carboxylic acid groups (broad SMARTS) is 1. The Hall–Kier alpha value is -1.91. The van der Waals surface area contributed by atoms with Gasteiger partial charge in [-0.15, -0.1) is 0 Å². The molecule has 2 aliphatic rings. The average molecular weight is 277 g/mol. The van der Waals surface area contributed by atoms with E-state index in [0.29, 0.717) is 22.7 Å². The van der Waals surface area contributed by atoms with E-state index in [1.807, 2.05) is 6.07 Å². The minimum absolute atomic E-state index is 0.0205. The molecule has 20 heavy (non-hydrogen) atoms. The third-order valence-electron chi connectivity index (χ3n) is 4.23. The first kappa shape index (κ1) is 13.1. The molecule has 0 radical (unpaired) electrons. The van der Waals surface area contributed by atoms with Crippen LogP contribution in [-0.2, 0) is 16.0 Å². The topological polar surface area (TPSA) is 57.6 Å². The standard InChI is InChI=1S/C15H16FNO3/c1-17-13(18)6-10-4-9(5-12(16)15(10)17)11(7-14(19)20)8-2-3-8/h4-5,8,11H,2-3,6-7H2,1H3,(H,19,20). The summed E-state index contributed by atoms with van der Waals surface area (Å²) in [4.78, 5) is 24.0. The molecule has 1 aromatic carbocycles. The molecule has 1 N–H and O–H groups in total. The summed E-state index contributed by atoms with van der Waals surface area (Å²) in [6, 6.07) is 3.21. The number of anilines is 1. The molecule has 1 aromatic rings. The lowest BCUT2D eigenvalue weighted by Gasteiger charge is -2.17. The van der Waals surface area contributed by atoms with Gasteiger partial charge in [-0.05, 0) is 41.9 Å². The second kappa shape index (κ2) is 4.58. The Kier molecular flexibility index (Phi) is 3.00. The maximum Gasteiger partial charge on any atom is 0.303 e. The monoisotopic (exact) mass is 277 g/mol. The summed E-state index contributed by atoms with van der Waals surface area (Å²) in [6.45, 7) is 0. The van der Waals surface area contributed by atoms with Crippen LogP contribution in [0, 0.1) is 11.7 Å². The van der Waals surface area contributed by atoms with Crippen LogP contribution in [0.25, 0.3) is 0 Å². The highest BCUT2D eigenvalue weighted by Crippen LogP contribution is 2.46. The predicted molar refractivity (Wildman–Crippen MR) is 71.2 cm³/mol. The normalized spacial score (nSPS) is 19.1. The van der Waals surface area contributed by atoms with Gasteiger partial charge in [0, 0.05) is 7.05 Å². The van der Waals surface area contributed by atoms with Gasteiger partial charge < -0.3 is 10.0 Å². The van der Waals surface area contributed by atoms with Crippen LogP contribution >= 0.6 is 0 Å². The SMILES string of the molecule is CN1C(=O)Cc2cc(C(CC(=O)O)C3CC3)cc(F)c21. The number of hydrogen-bond donors (Lipinski definition) is 1. The second-order valence-electron chi connectivity index (χ2n) is 5.68. The number of benzene rings is 1. The first-order valence-electron chi connectivity index (χ1n) is 6.78.